The molecule has 0 fully saturated rings. The molecule has 15 heavy (non-hydrogen) atoms. The van der Waals surface area contributed by atoms with Crippen molar-refractivity contribution in [3.8, 4) is 0 Å². The van der Waals surface area contributed by atoms with Gasteiger partial charge in [0.1, 0.15) is 0 Å². The van der Waals surface area contributed by atoms with Crippen molar-refractivity contribution in [1.82, 2.24) is 0 Å². The summed E-state index contributed by atoms with van der Waals surface area (Å²) in [6.45, 7) is 3.69. The molecule has 0 spiro atoms. The van der Waals surface area contributed by atoms with E-state index in [0.717, 1.165) is 0 Å². The lowest BCUT2D eigenvalue weighted by atomic mass is 10.1. The summed E-state index contributed by atoms with van der Waals surface area (Å²) >= 11 is 8.09. The fraction of sp³-hybridized carbons (Fsp3) is 0.778. The Hall–Kier alpha value is -0.360. The van der Waals surface area contributed by atoms with E-state index >= 15 is 0 Å². The molecule has 0 aromatic heterocycles. The summed E-state index contributed by atoms with van der Waals surface area (Å²) in [6, 6.07) is 0. The Balaban J connectivity index is 4.32. The average Bonchev–Trinajstić information content (AvgIpc) is 2.16. The van der Waals surface area contributed by atoms with Gasteiger partial charge in [0.05, 0.1) is 19.6 Å². The van der Waals surface area contributed by atoms with Crippen molar-refractivity contribution >= 4 is 37.2 Å². The highest BCUT2D eigenvalue weighted by Crippen LogP contribution is 2.30. The van der Waals surface area contributed by atoms with Gasteiger partial charge in [-0.15, -0.1) is 0 Å². The van der Waals surface area contributed by atoms with Crippen LogP contribution in [0.3, 0.4) is 0 Å². The van der Waals surface area contributed by atoms with Gasteiger partial charge >= 0.3 is 11.9 Å². The Labute approximate surface area is 101 Å². The second kappa shape index (κ2) is 6.27. The lowest BCUT2D eigenvalue weighted by Gasteiger charge is -2.22. The zero-order valence-corrected chi connectivity index (χ0v) is 10.8. The molecule has 1 unspecified atom stereocenters. The van der Waals surface area contributed by atoms with Crippen molar-refractivity contribution in [3.05, 3.63) is 0 Å². The van der Waals surface area contributed by atoms with E-state index in [4.69, 9.17) is 4.74 Å². The van der Waals surface area contributed by atoms with Crippen molar-refractivity contribution in [2.45, 2.75) is 24.3 Å². The van der Waals surface area contributed by atoms with Crippen LogP contribution in [-0.2, 0) is 19.1 Å². The van der Waals surface area contributed by atoms with E-state index in [-0.39, 0.29) is 12.4 Å². The van der Waals surface area contributed by atoms with Crippen LogP contribution in [0.5, 0.6) is 0 Å². The van der Waals surface area contributed by atoms with Crippen LogP contribution < -0.4 is 0 Å². The molecule has 0 saturated heterocycles. The topological polar surface area (TPSA) is 52.6 Å². The molecule has 0 amide bonds. The van der Waals surface area contributed by atoms with Crippen LogP contribution >= 0.6 is 25.3 Å². The van der Waals surface area contributed by atoms with Gasteiger partial charge in [-0.2, -0.15) is 25.3 Å². The monoisotopic (exact) mass is 252 g/mol. The molecule has 0 N–H and O–H groups in total. The minimum Gasteiger partial charge on any atom is -0.467 e. The predicted octanol–water partition coefficient (Wildman–Crippen LogP) is 1.30. The normalized spacial score (nSPS) is 13.1. The van der Waals surface area contributed by atoms with Gasteiger partial charge < -0.3 is 9.47 Å². The minimum absolute atomic E-state index is 0.157. The largest absolute Gasteiger partial charge is 0.467 e. The van der Waals surface area contributed by atoms with E-state index in [1.54, 1.807) is 13.8 Å². The van der Waals surface area contributed by atoms with Gasteiger partial charge in [-0.3, -0.25) is 4.79 Å². The molecule has 0 rings (SSSR count). The first-order valence-corrected chi connectivity index (χ1v) is 5.44. The number of hydrogen-bond donors (Lipinski definition) is 2. The van der Waals surface area contributed by atoms with Gasteiger partial charge in [0.15, 0.2) is 4.08 Å². The zero-order chi connectivity index (χ0) is 12.1. The van der Waals surface area contributed by atoms with Crippen molar-refractivity contribution in [2.75, 3.05) is 13.7 Å². The number of methoxy groups -OCH3 is 1. The number of rotatable bonds is 5. The Morgan fingerprint density at radius 2 is 1.93 bits per heavy atom. The maximum absolute atomic E-state index is 11.3. The Bertz CT molecular complexity index is 240. The van der Waals surface area contributed by atoms with Crippen LogP contribution in [0.1, 0.15) is 20.3 Å². The number of carbonyl (C=O) groups excluding carboxylic acids is 2. The molecule has 0 bridgehead atoms. The summed E-state index contributed by atoms with van der Waals surface area (Å²) < 4.78 is 8.05. The number of carbonyl (C=O) groups is 2. The Kier molecular flexibility index (Phi) is 6.12. The molecule has 0 heterocycles. The number of hydrogen-bond acceptors (Lipinski definition) is 6. The van der Waals surface area contributed by atoms with E-state index in [1.807, 2.05) is 0 Å². The van der Waals surface area contributed by atoms with Gasteiger partial charge in [0.25, 0.3) is 0 Å². The molecular weight excluding hydrogens is 236 g/mol. The second-order valence-electron chi connectivity index (χ2n) is 3.17. The van der Waals surface area contributed by atoms with Gasteiger partial charge in [0, 0.05) is 0 Å². The summed E-state index contributed by atoms with van der Waals surface area (Å²) in [6.07, 6.45) is 0.157. The maximum Gasteiger partial charge on any atom is 0.331 e. The highest BCUT2D eigenvalue weighted by Gasteiger charge is 2.35. The van der Waals surface area contributed by atoms with E-state index in [1.165, 1.54) is 7.11 Å². The lowest BCUT2D eigenvalue weighted by molar-refractivity contribution is -0.148. The molecule has 4 nitrogen and oxygen atoms in total. The quantitative estimate of drug-likeness (QED) is 0.440. The molecule has 0 aliphatic heterocycles. The molecule has 6 heteroatoms. The summed E-state index contributed by atoms with van der Waals surface area (Å²) in [4.78, 5) is 22.5. The first-order chi connectivity index (χ1) is 6.85. The summed E-state index contributed by atoms with van der Waals surface area (Å²) in [5.41, 5.74) is 0. The molecule has 1 atom stereocenters. The van der Waals surface area contributed by atoms with E-state index in [0.29, 0.717) is 6.61 Å². The predicted molar refractivity (Wildman–Crippen MR) is 63.1 cm³/mol. The maximum atomic E-state index is 11.3. The summed E-state index contributed by atoms with van der Waals surface area (Å²) in [7, 11) is 1.25. The van der Waals surface area contributed by atoms with Crippen LogP contribution in [0, 0.1) is 5.92 Å². The highest BCUT2D eigenvalue weighted by molar-refractivity contribution is 8.01. The van der Waals surface area contributed by atoms with Crippen LogP contribution in [0.4, 0.5) is 0 Å². The number of ether oxygens (including phenoxy) is 2. The summed E-state index contributed by atoms with van der Waals surface area (Å²) in [5, 5.41) is 0. The third-order valence-corrected chi connectivity index (χ3v) is 2.52. The van der Waals surface area contributed by atoms with Crippen molar-refractivity contribution in [3.63, 3.8) is 0 Å². The molecular formula is C9H16O4S2. The van der Waals surface area contributed by atoms with Crippen molar-refractivity contribution < 1.29 is 19.1 Å². The second-order valence-corrected chi connectivity index (χ2v) is 5.05. The van der Waals surface area contributed by atoms with E-state index in [9.17, 15) is 9.59 Å². The van der Waals surface area contributed by atoms with Crippen LogP contribution in [0.2, 0.25) is 0 Å². The molecule has 0 saturated carbocycles. The molecule has 0 aromatic rings. The molecule has 0 aromatic carbocycles. The van der Waals surface area contributed by atoms with Crippen LogP contribution in [-0.4, -0.2) is 29.7 Å². The Morgan fingerprint density at radius 1 is 1.40 bits per heavy atom. The van der Waals surface area contributed by atoms with Gasteiger partial charge in [-0.25, -0.2) is 4.79 Å². The molecule has 0 radical (unpaired) electrons. The SMILES string of the molecule is CCOC(=O)C(C)CC(S)(S)C(=O)OC. The van der Waals surface area contributed by atoms with Gasteiger partial charge in [-0.05, 0) is 13.3 Å². The third kappa shape index (κ3) is 4.79. The first-order valence-electron chi connectivity index (χ1n) is 4.55. The van der Waals surface area contributed by atoms with Crippen molar-refractivity contribution in [2.24, 2.45) is 5.92 Å². The van der Waals surface area contributed by atoms with Crippen LogP contribution in [0.15, 0.2) is 0 Å². The zero-order valence-electron chi connectivity index (χ0n) is 9.02. The number of thiol groups is 2. The lowest BCUT2D eigenvalue weighted by Crippen LogP contribution is -2.32. The highest BCUT2D eigenvalue weighted by atomic mass is 32.2. The summed E-state index contributed by atoms with van der Waals surface area (Å²) in [5.74, 6) is -1.39. The van der Waals surface area contributed by atoms with Gasteiger partial charge in [-0.1, -0.05) is 6.92 Å². The fourth-order valence-corrected chi connectivity index (χ4v) is 1.77. The Morgan fingerprint density at radius 3 is 2.33 bits per heavy atom. The standard InChI is InChI=1S/C9H16O4S2/c1-4-13-7(10)6(2)5-9(14,15)8(11)12-3/h6,14-15H,4-5H2,1-3H3. The fourth-order valence-electron chi connectivity index (χ4n) is 1.04. The van der Waals surface area contributed by atoms with E-state index < -0.39 is 16.0 Å². The number of esters is 2. The van der Waals surface area contributed by atoms with E-state index in [2.05, 4.69) is 30.0 Å². The smallest absolute Gasteiger partial charge is 0.331 e. The van der Waals surface area contributed by atoms with Crippen LogP contribution in [0.25, 0.3) is 0 Å². The van der Waals surface area contributed by atoms with Crippen molar-refractivity contribution in [1.29, 1.82) is 0 Å². The molecule has 88 valence electrons. The average molecular weight is 252 g/mol. The first kappa shape index (κ1) is 14.6. The van der Waals surface area contributed by atoms with Gasteiger partial charge in [0.2, 0.25) is 0 Å². The molecule has 0 aliphatic carbocycles. The minimum atomic E-state index is -1.26. The third-order valence-electron chi connectivity index (χ3n) is 1.79. The molecule has 0 aliphatic rings.